The van der Waals surface area contributed by atoms with Gasteiger partial charge in [-0.2, -0.15) is 11.8 Å². The first-order valence-corrected chi connectivity index (χ1v) is 8.03. The molecule has 0 aliphatic carbocycles. The molecule has 1 saturated heterocycles. The first-order valence-electron chi connectivity index (χ1n) is 6.98. The van der Waals surface area contributed by atoms with Crippen LogP contribution in [0.3, 0.4) is 0 Å². The van der Waals surface area contributed by atoms with E-state index in [1.165, 1.54) is 38.2 Å². The molecule has 1 rings (SSSR count). The molecule has 1 heterocycles. The van der Waals surface area contributed by atoms with Gasteiger partial charge in [-0.15, -0.1) is 0 Å². The summed E-state index contributed by atoms with van der Waals surface area (Å²) in [5, 5.41) is 0.844. The number of hydrogen-bond donors (Lipinski definition) is 1. The highest BCUT2D eigenvalue weighted by molar-refractivity contribution is 8.00. The highest BCUT2D eigenvalue weighted by atomic mass is 32.2. The number of nitrogens with zero attached hydrogens (tertiary/aromatic N) is 1. The van der Waals surface area contributed by atoms with Gasteiger partial charge < -0.3 is 10.6 Å². The summed E-state index contributed by atoms with van der Waals surface area (Å²) in [4.78, 5) is 2.63. The van der Waals surface area contributed by atoms with Gasteiger partial charge in [0.15, 0.2) is 0 Å². The van der Waals surface area contributed by atoms with Crippen LogP contribution in [0.1, 0.15) is 40.5 Å². The maximum Gasteiger partial charge on any atom is 0.0172 e. The molecule has 17 heavy (non-hydrogen) atoms. The van der Waals surface area contributed by atoms with E-state index in [0.29, 0.717) is 11.3 Å². The first kappa shape index (κ1) is 15.3. The molecule has 2 unspecified atom stereocenters. The van der Waals surface area contributed by atoms with Crippen LogP contribution in [-0.4, -0.2) is 42.1 Å². The van der Waals surface area contributed by atoms with Crippen molar-refractivity contribution in [3.63, 3.8) is 0 Å². The predicted molar refractivity (Wildman–Crippen MR) is 79.6 cm³/mol. The summed E-state index contributed by atoms with van der Waals surface area (Å²) in [5.74, 6) is 1.96. The Hall–Kier alpha value is 0.270. The molecule has 3 heteroatoms. The molecule has 0 bridgehead atoms. The quantitative estimate of drug-likeness (QED) is 0.822. The van der Waals surface area contributed by atoms with Crippen molar-refractivity contribution in [3.8, 4) is 0 Å². The molecular weight excluding hydrogens is 228 g/mol. The van der Waals surface area contributed by atoms with E-state index < -0.39 is 0 Å². The Morgan fingerprint density at radius 1 is 1.41 bits per heavy atom. The molecule has 0 aromatic carbocycles. The van der Waals surface area contributed by atoms with Gasteiger partial charge in [-0.3, -0.25) is 0 Å². The molecule has 0 aromatic heterocycles. The summed E-state index contributed by atoms with van der Waals surface area (Å²) < 4.78 is 0. The molecule has 0 aromatic rings. The van der Waals surface area contributed by atoms with Crippen molar-refractivity contribution >= 4 is 11.8 Å². The first-order chi connectivity index (χ1) is 7.94. The minimum Gasteiger partial charge on any atom is -0.330 e. The fraction of sp³-hybridized carbons (Fsp3) is 1.00. The lowest BCUT2D eigenvalue weighted by Gasteiger charge is -2.35. The van der Waals surface area contributed by atoms with E-state index in [1.54, 1.807) is 0 Å². The average molecular weight is 258 g/mol. The van der Waals surface area contributed by atoms with Crippen LogP contribution < -0.4 is 5.73 Å². The van der Waals surface area contributed by atoms with Crippen LogP contribution in [0.25, 0.3) is 0 Å². The summed E-state index contributed by atoms with van der Waals surface area (Å²) >= 11 is 2.14. The van der Waals surface area contributed by atoms with E-state index in [9.17, 15) is 0 Å². The molecule has 1 aliphatic heterocycles. The Morgan fingerprint density at radius 2 is 2.12 bits per heavy atom. The van der Waals surface area contributed by atoms with Gasteiger partial charge >= 0.3 is 0 Å². The minimum atomic E-state index is 0.402. The SMILES string of the molecule is CCC1CN(CC(CN)CC(C)(C)C)CCS1. The predicted octanol–water partition coefficient (Wildman–Crippen LogP) is 2.82. The normalized spacial score (nSPS) is 24.9. The molecule has 2 N–H and O–H groups in total. The molecule has 0 saturated carbocycles. The van der Waals surface area contributed by atoms with Gasteiger partial charge in [-0.25, -0.2) is 0 Å². The second-order valence-corrected chi connectivity index (χ2v) is 7.94. The molecular formula is C14H30N2S. The Labute approximate surface area is 112 Å². The van der Waals surface area contributed by atoms with Crippen molar-refractivity contribution in [1.82, 2.24) is 4.90 Å². The monoisotopic (exact) mass is 258 g/mol. The minimum absolute atomic E-state index is 0.402. The summed E-state index contributed by atoms with van der Waals surface area (Å²) in [6, 6.07) is 0. The van der Waals surface area contributed by atoms with Crippen LogP contribution in [0, 0.1) is 11.3 Å². The van der Waals surface area contributed by atoms with Crippen molar-refractivity contribution in [2.75, 3.05) is 31.9 Å². The smallest absolute Gasteiger partial charge is 0.0172 e. The van der Waals surface area contributed by atoms with Gasteiger partial charge in [-0.05, 0) is 30.7 Å². The standard InChI is InChI=1S/C14H30N2S/c1-5-13-11-16(6-7-17-13)10-12(9-15)8-14(2,3)4/h12-13H,5-11,15H2,1-4H3. The fourth-order valence-electron chi connectivity index (χ4n) is 2.65. The van der Waals surface area contributed by atoms with Gasteiger partial charge in [0, 0.05) is 30.6 Å². The Kier molecular flexibility index (Phi) is 6.32. The molecule has 2 atom stereocenters. The maximum atomic E-state index is 5.93. The molecule has 0 amide bonds. The third kappa shape index (κ3) is 6.12. The van der Waals surface area contributed by atoms with Crippen molar-refractivity contribution in [2.45, 2.75) is 45.8 Å². The Morgan fingerprint density at radius 3 is 2.65 bits per heavy atom. The van der Waals surface area contributed by atoms with Gasteiger partial charge in [0.2, 0.25) is 0 Å². The highest BCUT2D eigenvalue weighted by Crippen LogP contribution is 2.26. The lowest BCUT2D eigenvalue weighted by atomic mass is 9.84. The molecule has 2 nitrogen and oxygen atoms in total. The Bertz CT molecular complexity index is 213. The summed E-state index contributed by atoms with van der Waals surface area (Å²) in [6.07, 6.45) is 2.54. The summed E-state index contributed by atoms with van der Waals surface area (Å²) in [6.45, 7) is 13.8. The molecule has 1 aliphatic rings. The van der Waals surface area contributed by atoms with Crippen LogP contribution in [-0.2, 0) is 0 Å². The van der Waals surface area contributed by atoms with E-state index in [-0.39, 0.29) is 0 Å². The zero-order chi connectivity index (χ0) is 12.9. The van der Waals surface area contributed by atoms with Gasteiger partial charge in [-0.1, -0.05) is 27.7 Å². The molecule has 1 fully saturated rings. The second-order valence-electron chi connectivity index (χ2n) is 6.53. The second kappa shape index (κ2) is 7.01. The number of thioether (sulfide) groups is 1. The van der Waals surface area contributed by atoms with Crippen molar-refractivity contribution in [3.05, 3.63) is 0 Å². The Balaban J connectivity index is 2.39. The summed E-state index contributed by atoms with van der Waals surface area (Å²) in [7, 11) is 0. The highest BCUT2D eigenvalue weighted by Gasteiger charge is 2.23. The third-order valence-corrected chi connectivity index (χ3v) is 4.80. The van der Waals surface area contributed by atoms with Crippen LogP contribution in [0.5, 0.6) is 0 Å². The van der Waals surface area contributed by atoms with Gasteiger partial charge in [0.25, 0.3) is 0 Å². The van der Waals surface area contributed by atoms with Gasteiger partial charge in [0.1, 0.15) is 0 Å². The van der Waals surface area contributed by atoms with E-state index >= 15 is 0 Å². The number of rotatable bonds is 5. The van der Waals surface area contributed by atoms with Crippen LogP contribution in [0.4, 0.5) is 0 Å². The van der Waals surface area contributed by atoms with Crippen molar-refractivity contribution in [2.24, 2.45) is 17.1 Å². The van der Waals surface area contributed by atoms with E-state index in [0.717, 1.165) is 11.8 Å². The van der Waals surface area contributed by atoms with Gasteiger partial charge in [0.05, 0.1) is 0 Å². The number of nitrogens with two attached hydrogens (primary N) is 1. The van der Waals surface area contributed by atoms with E-state index in [2.05, 4.69) is 44.4 Å². The maximum absolute atomic E-state index is 5.93. The third-order valence-electron chi connectivity index (χ3n) is 3.43. The zero-order valence-electron chi connectivity index (χ0n) is 12.0. The topological polar surface area (TPSA) is 29.3 Å². The van der Waals surface area contributed by atoms with Crippen LogP contribution in [0.2, 0.25) is 0 Å². The fourth-order valence-corrected chi connectivity index (χ4v) is 3.90. The van der Waals surface area contributed by atoms with Crippen molar-refractivity contribution in [1.29, 1.82) is 0 Å². The lowest BCUT2D eigenvalue weighted by molar-refractivity contribution is 0.198. The molecule has 102 valence electrons. The van der Waals surface area contributed by atoms with Crippen LogP contribution >= 0.6 is 11.8 Å². The van der Waals surface area contributed by atoms with E-state index in [1.807, 2.05) is 0 Å². The summed E-state index contributed by atoms with van der Waals surface area (Å²) in [5.41, 5.74) is 6.33. The van der Waals surface area contributed by atoms with Crippen LogP contribution in [0.15, 0.2) is 0 Å². The average Bonchev–Trinajstić information content (AvgIpc) is 2.26. The molecule has 0 spiro atoms. The molecule has 0 radical (unpaired) electrons. The number of hydrogen-bond acceptors (Lipinski definition) is 3. The zero-order valence-corrected chi connectivity index (χ0v) is 12.9. The lowest BCUT2D eigenvalue weighted by Crippen LogP contribution is -2.42. The van der Waals surface area contributed by atoms with Crippen molar-refractivity contribution < 1.29 is 0 Å². The largest absolute Gasteiger partial charge is 0.330 e. The van der Waals surface area contributed by atoms with E-state index in [4.69, 9.17) is 5.73 Å².